The Kier molecular flexibility index (Phi) is 2.88. The Balaban J connectivity index is 1.54. The second-order valence-corrected chi connectivity index (χ2v) is 5.65. The summed E-state index contributed by atoms with van der Waals surface area (Å²) in [5.74, 6) is -0.167. The van der Waals surface area contributed by atoms with Crippen LogP contribution >= 0.6 is 11.3 Å². The molecule has 3 atom stereocenters. The van der Waals surface area contributed by atoms with E-state index in [0.29, 0.717) is 12.7 Å². The van der Waals surface area contributed by atoms with Crippen molar-refractivity contribution in [2.24, 2.45) is 5.92 Å². The summed E-state index contributed by atoms with van der Waals surface area (Å²) in [6.07, 6.45) is 3.33. The van der Waals surface area contributed by atoms with Gasteiger partial charge in [0.25, 0.3) is 0 Å². The highest BCUT2D eigenvalue weighted by Crippen LogP contribution is 2.39. The molecule has 3 heterocycles. The molecule has 0 spiro atoms. The van der Waals surface area contributed by atoms with Gasteiger partial charge in [-0.3, -0.25) is 4.79 Å². The second-order valence-electron chi connectivity index (χ2n) is 4.71. The molecule has 1 aromatic rings. The van der Waals surface area contributed by atoms with Crippen LogP contribution < -0.4 is 0 Å². The Morgan fingerprint density at radius 1 is 1.65 bits per heavy atom. The number of aromatic nitrogens is 1. The molecule has 5 heteroatoms. The van der Waals surface area contributed by atoms with E-state index >= 15 is 0 Å². The molecule has 0 radical (unpaired) electrons. The van der Waals surface area contributed by atoms with Gasteiger partial charge in [0, 0.05) is 11.1 Å². The lowest BCUT2D eigenvalue weighted by molar-refractivity contribution is -0.151. The lowest BCUT2D eigenvalue weighted by Gasteiger charge is -2.16. The van der Waals surface area contributed by atoms with Crippen molar-refractivity contribution in [1.29, 1.82) is 0 Å². The zero-order valence-electron chi connectivity index (χ0n) is 9.72. The van der Waals surface area contributed by atoms with E-state index in [1.54, 1.807) is 0 Å². The summed E-state index contributed by atoms with van der Waals surface area (Å²) in [5.41, 5.74) is 0.976. The Bertz CT molecular complexity index is 431. The number of aryl methyl sites for hydroxylation is 1. The van der Waals surface area contributed by atoms with E-state index in [4.69, 9.17) is 9.47 Å². The van der Waals surface area contributed by atoms with E-state index in [2.05, 4.69) is 4.98 Å². The summed E-state index contributed by atoms with van der Waals surface area (Å²) < 4.78 is 11.0. The van der Waals surface area contributed by atoms with E-state index in [1.165, 1.54) is 11.3 Å². The van der Waals surface area contributed by atoms with Gasteiger partial charge in [0.2, 0.25) is 0 Å². The molecule has 3 rings (SSSR count). The number of esters is 1. The second kappa shape index (κ2) is 4.38. The lowest BCUT2D eigenvalue weighted by Crippen LogP contribution is -2.27. The summed E-state index contributed by atoms with van der Waals surface area (Å²) in [5, 5.41) is 2.82. The van der Waals surface area contributed by atoms with Gasteiger partial charge in [-0.2, -0.15) is 0 Å². The van der Waals surface area contributed by atoms with Gasteiger partial charge in [-0.05, 0) is 26.2 Å². The van der Waals surface area contributed by atoms with Crippen molar-refractivity contribution in [3.05, 3.63) is 16.1 Å². The summed E-state index contributed by atoms with van der Waals surface area (Å²) in [6.45, 7) is 2.23. The summed E-state index contributed by atoms with van der Waals surface area (Å²) in [4.78, 5) is 16.2. The van der Waals surface area contributed by atoms with Gasteiger partial charge in [-0.25, -0.2) is 4.98 Å². The molecule has 17 heavy (non-hydrogen) atoms. The highest BCUT2D eigenvalue weighted by molar-refractivity contribution is 7.09. The van der Waals surface area contributed by atoms with Gasteiger partial charge in [0.05, 0.1) is 18.1 Å². The number of hydrogen-bond donors (Lipinski definition) is 0. The molecule has 4 nitrogen and oxygen atoms in total. The maximum Gasteiger partial charge on any atom is 0.312 e. The minimum absolute atomic E-state index is 0.0465. The van der Waals surface area contributed by atoms with Crippen LogP contribution in [0.1, 0.15) is 30.0 Å². The maximum atomic E-state index is 11.9. The highest BCUT2D eigenvalue weighted by atomic mass is 32.1. The molecular formula is C12H15NO3S. The number of carbonyl (C=O) groups is 1. The van der Waals surface area contributed by atoms with E-state index in [-0.39, 0.29) is 18.0 Å². The first-order chi connectivity index (χ1) is 8.22. The third-order valence-corrected chi connectivity index (χ3v) is 4.35. The predicted octanol–water partition coefficient (Wildman–Crippen LogP) is 2.06. The molecular weight excluding hydrogens is 238 g/mol. The fourth-order valence-electron chi connectivity index (χ4n) is 2.59. The number of nitrogens with zero attached hydrogens (tertiary/aromatic N) is 1. The zero-order valence-corrected chi connectivity index (χ0v) is 10.5. The van der Waals surface area contributed by atoms with Crippen molar-refractivity contribution in [1.82, 2.24) is 4.98 Å². The van der Waals surface area contributed by atoms with Crippen LogP contribution in [0.2, 0.25) is 0 Å². The van der Waals surface area contributed by atoms with Crippen molar-refractivity contribution in [3.63, 3.8) is 0 Å². The summed E-state index contributed by atoms with van der Waals surface area (Å²) in [7, 11) is 0. The monoisotopic (exact) mass is 253 g/mol. The van der Waals surface area contributed by atoms with Crippen LogP contribution in [-0.2, 0) is 20.9 Å². The van der Waals surface area contributed by atoms with Gasteiger partial charge in [0.1, 0.15) is 11.6 Å². The van der Waals surface area contributed by atoms with E-state index in [0.717, 1.165) is 30.0 Å². The first-order valence-corrected chi connectivity index (χ1v) is 6.83. The molecule has 0 saturated carbocycles. The largest absolute Gasteiger partial charge is 0.458 e. The Morgan fingerprint density at radius 3 is 3.12 bits per heavy atom. The van der Waals surface area contributed by atoms with Crippen LogP contribution in [-0.4, -0.2) is 23.2 Å². The van der Waals surface area contributed by atoms with E-state index in [1.807, 2.05) is 12.3 Å². The van der Waals surface area contributed by atoms with Crippen LogP contribution in [0.15, 0.2) is 5.38 Å². The van der Waals surface area contributed by atoms with Gasteiger partial charge < -0.3 is 9.47 Å². The van der Waals surface area contributed by atoms with Crippen molar-refractivity contribution in [2.45, 2.75) is 45.0 Å². The lowest BCUT2D eigenvalue weighted by atomic mass is 9.89. The van der Waals surface area contributed by atoms with Crippen LogP contribution in [0.3, 0.4) is 0 Å². The van der Waals surface area contributed by atoms with Crippen LogP contribution in [0, 0.1) is 12.8 Å². The quantitative estimate of drug-likeness (QED) is 0.774. The number of thiazole rings is 1. The number of ether oxygens (including phenoxy) is 2. The van der Waals surface area contributed by atoms with E-state index in [9.17, 15) is 4.79 Å². The average molecular weight is 253 g/mol. The Labute approximate surface area is 104 Å². The molecule has 1 aromatic heterocycles. The van der Waals surface area contributed by atoms with E-state index < -0.39 is 0 Å². The molecule has 2 bridgehead atoms. The molecule has 0 N–H and O–H groups in total. The first-order valence-electron chi connectivity index (χ1n) is 5.95. The average Bonchev–Trinajstić information content (AvgIpc) is 3.01. The van der Waals surface area contributed by atoms with Crippen molar-refractivity contribution in [2.75, 3.05) is 0 Å². The van der Waals surface area contributed by atoms with Gasteiger partial charge in [0.15, 0.2) is 0 Å². The molecule has 0 aliphatic carbocycles. The molecule has 2 aliphatic heterocycles. The van der Waals surface area contributed by atoms with Crippen molar-refractivity contribution < 1.29 is 14.3 Å². The third-order valence-electron chi connectivity index (χ3n) is 3.41. The minimum Gasteiger partial charge on any atom is -0.458 e. The molecule has 2 fully saturated rings. The maximum absolute atomic E-state index is 11.9. The molecule has 2 saturated heterocycles. The normalized spacial score (nSPS) is 30.8. The Hall–Kier alpha value is -0.940. The minimum atomic E-state index is -0.120. The highest BCUT2D eigenvalue weighted by Gasteiger charge is 2.45. The Morgan fingerprint density at radius 2 is 2.53 bits per heavy atom. The van der Waals surface area contributed by atoms with Crippen LogP contribution in [0.25, 0.3) is 0 Å². The SMILES string of the molecule is Cc1csc(COC(=O)[C@H]2C[C@H]3CC[C@H]2O3)n1. The van der Waals surface area contributed by atoms with Crippen LogP contribution in [0.4, 0.5) is 0 Å². The topological polar surface area (TPSA) is 48.4 Å². The van der Waals surface area contributed by atoms with Crippen LogP contribution in [0.5, 0.6) is 0 Å². The zero-order chi connectivity index (χ0) is 11.8. The smallest absolute Gasteiger partial charge is 0.312 e. The predicted molar refractivity (Wildman–Crippen MR) is 62.6 cm³/mol. The fraction of sp³-hybridized carbons (Fsp3) is 0.667. The molecule has 92 valence electrons. The van der Waals surface area contributed by atoms with Crippen molar-refractivity contribution >= 4 is 17.3 Å². The number of rotatable bonds is 3. The van der Waals surface area contributed by atoms with Gasteiger partial charge in [-0.15, -0.1) is 11.3 Å². The van der Waals surface area contributed by atoms with Crippen molar-refractivity contribution in [3.8, 4) is 0 Å². The fourth-order valence-corrected chi connectivity index (χ4v) is 3.28. The molecule has 2 aliphatic rings. The number of carbonyl (C=O) groups excluding carboxylic acids is 1. The summed E-state index contributed by atoms with van der Waals surface area (Å²) >= 11 is 1.53. The number of hydrogen-bond acceptors (Lipinski definition) is 5. The van der Waals surface area contributed by atoms with Gasteiger partial charge >= 0.3 is 5.97 Å². The molecule has 0 amide bonds. The first kappa shape index (κ1) is 11.2. The molecule has 0 unspecified atom stereocenters. The molecule has 0 aromatic carbocycles. The third kappa shape index (κ3) is 2.21. The van der Waals surface area contributed by atoms with Gasteiger partial charge in [-0.1, -0.05) is 0 Å². The number of fused-ring (bicyclic) bond motifs is 2. The summed E-state index contributed by atoms with van der Waals surface area (Å²) in [6, 6.07) is 0. The standard InChI is InChI=1S/C12H15NO3S/c1-7-6-17-11(13-7)5-15-12(14)9-4-8-2-3-10(9)16-8/h6,8-10H,2-5H2,1H3/t8-,9+,10-/m1/s1.